The molecule has 0 aliphatic heterocycles. The Bertz CT molecular complexity index is 527. The summed E-state index contributed by atoms with van der Waals surface area (Å²) in [7, 11) is 0. The highest BCUT2D eigenvalue weighted by Crippen LogP contribution is 2.34. The molecule has 2 aromatic rings. The normalized spacial score (nSPS) is 10.3. The lowest BCUT2D eigenvalue weighted by molar-refractivity contribution is 0.472. The fourth-order valence-electron chi connectivity index (χ4n) is 1.41. The van der Waals surface area contributed by atoms with Gasteiger partial charge in [-0.3, -0.25) is 0 Å². The van der Waals surface area contributed by atoms with Crippen LogP contribution in [0.3, 0.4) is 0 Å². The molecule has 70 valence electrons. The monoisotopic (exact) mass is 267 g/mol. The number of phenols is 1. The van der Waals surface area contributed by atoms with Crippen molar-refractivity contribution in [3.05, 3.63) is 28.6 Å². The summed E-state index contributed by atoms with van der Waals surface area (Å²) in [6.45, 7) is 0. The Hall–Kier alpha value is -1.05. The van der Waals surface area contributed by atoms with Crippen LogP contribution in [-0.2, 0) is 5.33 Å². The van der Waals surface area contributed by atoms with Gasteiger partial charge >= 0.3 is 0 Å². The SMILES string of the molecule is N#Cc1csc2ccc(O)c(CBr)c12. The summed E-state index contributed by atoms with van der Waals surface area (Å²) < 4.78 is 1.04. The average Bonchev–Trinajstić information content (AvgIpc) is 2.61. The number of halogens is 1. The molecule has 1 heterocycles. The lowest BCUT2D eigenvalue weighted by atomic mass is 10.1. The van der Waals surface area contributed by atoms with Gasteiger partial charge in [-0.1, -0.05) is 15.9 Å². The summed E-state index contributed by atoms with van der Waals surface area (Å²) in [6.07, 6.45) is 0. The second kappa shape index (κ2) is 3.60. The van der Waals surface area contributed by atoms with E-state index in [4.69, 9.17) is 5.26 Å². The van der Waals surface area contributed by atoms with Crippen molar-refractivity contribution in [2.75, 3.05) is 0 Å². The highest BCUT2D eigenvalue weighted by molar-refractivity contribution is 9.08. The van der Waals surface area contributed by atoms with E-state index in [0.717, 1.165) is 15.6 Å². The quantitative estimate of drug-likeness (QED) is 0.806. The van der Waals surface area contributed by atoms with E-state index in [0.29, 0.717) is 10.9 Å². The van der Waals surface area contributed by atoms with Gasteiger partial charge in [0, 0.05) is 26.4 Å². The maximum Gasteiger partial charge on any atom is 0.120 e. The molecule has 2 nitrogen and oxygen atoms in total. The fraction of sp³-hybridized carbons (Fsp3) is 0.100. The molecule has 0 spiro atoms. The summed E-state index contributed by atoms with van der Waals surface area (Å²) in [4.78, 5) is 0. The Balaban J connectivity index is 2.90. The van der Waals surface area contributed by atoms with Crippen molar-refractivity contribution in [3.63, 3.8) is 0 Å². The molecule has 0 radical (unpaired) electrons. The van der Waals surface area contributed by atoms with E-state index in [2.05, 4.69) is 22.0 Å². The number of benzene rings is 1. The first-order chi connectivity index (χ1) is 6.77. The molecule has 0 saturated carbocycles. The van der Waals surface area contributed by atoms with Gasteiger partial charge in [-0.15, -0.1) is 11.3 Å². The minimum Gasteiger partial charge on any atom is -0.508 e. The van der Waals surface area contributed by atoms with Gasteiger partial charge in [0.2, 0.25) is 0 Å². The zero-order valence-electron chi connectivity index (χ0n) is 7.12. The maximum absolute atomic E-state index is 9.61. The predicted molar refractivity (Wildman–Crippen MR) is 60.8 cm³/mol. The number of fused-ring (bicyclic) bond motifs is 1. The standard InChI is InChI=1S/C10H6BrNOS/c11-3-7-8(13)1-2-9-10(7)6(4-12)5-14-9/h1-2,5,13H,3H2. The molecule has 0 fully saturated rings. The number of aromatic hydroxyl groups is 1. The van der Waals surface area contributed by atoms with Crippen molar-refractivity contribution >= 4 is 37.4 Å². The molecule has 0 aliphatic rings. The Morgan fingerprint density at radius 1 is 1.50 bits per heavy atom. The third kappa shape index (κ3) is 1.29. The van der Waals surface area contributed by atoms with Crippen LogP contribution < -0.4 is 0 Å². The van der Waals surface area contributed by atoms with Crippen molar-refractivity contribution in [1.29, 1.82) is 5.26 Å². The summed E-state index contributed by atoms with van der Waals surface area (Å²) in [5.74, 6) is 0.240. The van der Waals surface area contributed by atoms with Crippen molar-refractivity contribution in [2.45, 2.75) is 5.33 Å². The van der Waals surface area contributed by atoms with E-state index in [9.17, 15) is 5.11 Å². The molecular weight excluding hydrogens is 262 g/mol. The van der Waals surface area contributed by atoms with Crippen molar-refractivity contribution in [1.82, 2.24) is 0 Å². The van der Waals surface area contributed by atoms with Gasteiger partial charge in [0.25, 0.3) is 0 Å². The molecule has 1 aromatic heterocycles. The molecule has 0 saturated heterocycles. The highest BCUT2D eigenvalue weighted by atomic mass is 79.9. The maximum atomic E-state index is 9.61. The zero-order valence-corrected chi connectivity index (χ0v) is 9.52. The first-order valence-electron chi connectivity index (χ1n) is 3.96. The molecule has 4 heteroatoms. The van der Waals surface area contributed by atoms with Gasteiger partial charge in [0.05, 0.1) is 5.56 Å². The summed E-state index contributed by atoms with van der Waals surface area (Å²) in [5.41, 5.74) is 1.43. The zero-order chi connectivity index (χ0) is 10.1. The Kier molecular flexibility index (Phi) is 2.44. The van der Waals surface area contributed by atoms with Gasteiger partial charge in [-0.2, -0.15) is 5.26 Å². The molecule has 14 heavy (non-hydrogen) atoms. The van der Waals surface area contributed by atoms with E-state index in [1.807, 2.05) is 11.4 Å². The van der Waals surface area contributed by atoms with Crippen molar-refractivity contribution in [2.24, 2.45) is 0 Å². The third-order valence-electron chi connectivity index (χ3n) is 2.08. The van der Waals surface area contributed by atoms with Gasteiger partial charge in [0.15, 0.2) is 0 Å². The molecule has 0 bridgehead atoms. The van der Waals surface area contributed by atoms with Crippen molar-refractivity contribution < 1.29 is 5.11 Å². The van der Waals surface area contributed by atoms with Crippen LogP contribution in [0.4, 0.5) is 0 Å². The van der Waals surface area contributed by atoms with Crippen LogP contribution in [0.15, 0.2) is 17.5 Å². The molecule has 0 unspecified atom stereocenters. The molecule has 0 atom stereocenters. The van der Waals surface area contributed by atoms with Crippen molar-refractivity contribution in [3.8, 4) is 11.8 Å². The van der Waals surface area contributed by atoms with Crippen LogP contribution in [0.25, 0.3) is 10.1 Å². The van der Waals surface area contributed by atoms with Gasteiger partial charge < -0.3 is 5.11 Å². The second-order valence-electron chi connectivity index (χ2n) is 2.83. The number of alkyl halides is 1. The van der Waals surface area contributed by atoms with Crippen LogP contribution in [0, 0.1) is 11.3 Å². The average molecular weight is 268 g/mol. The number of hydrogen-bond acceptors (Lipinski definition) is 3. The minimum absolute atomic E-state index is 0.240. The van der Waals surface area contributed by atoms with E-state index >= 15 is 0 Å². The lowest BCUT2D eigenvalue weighted by Crippen LogP contribution is -1.82. The van der Waals surface area contributed by atoms with E-state index in [-0.39, 0.29) is 5.75 Å². The molecule has 1 aromatic carbocycles. The summed E-state index contributed by atoms with van der Waals surface area (Å²) >= 11 is 4.84. The van der Waals surface area contributed by atoms with Crippen LogP contribution >= 0.6 is 27.3 Å². The Morgan fingerprint density at radius 2 is 2.29 bits per heavy atom. The topological polar surface area (TPSA) is 44.0 Å². The lowest BCUT2D eigenvalue weighted by Gasteiger charge is -2.02. The number of phenolic OH excluding ortho intramolecular Hbond substituents is 1. The van der Waals surface area contributed by atoms with Gasteiger partial charge in [-0.25, -0.2) is 0 Å². The molecular formula is C10H6BrNOS. The number of rotatable bonds is 1. The number of hydrogen-bond donors (Lipinski definition) is 1. The molecule has 0 aliphatic carbocycles. The number of nitriles is 1. The fourth-order valence-corrected chi connectivity index (χ4v) is 2.89. The third-order valence-corrected chi connectivity index (χ3v) is 3.59. The van der Waals surface area contributed by atoms with Gasteiger partial charge in [0.1, 0.15) is 11.8 Å². The molecule has 2 rings (SSSR count). The first-order valence-corrected chi connectivity index (χ1v) is 5.96. The molecule has 0 amide bonds. The number of nitrogens with zero attached hydrogens (tertiary/aromatic N) is 1. The second-order valence-corrected chi connectivity index (χ2v) is 4.30. The van der Waals surface area contributed by atoms with E-state index in [1.54, 1.807) is 6.07 Å². The van der Waals surface area contributed by atoms with Crippen LogP contribution in [-0.4, -0.2) is 5.11 Å². The Labute approximate surface area is 93.5 Å². The van der Waals surface area contributed by atoms with E-state index in [1.165, 1.54) is 11.3 Å². The summed E-state index contributed by atoms with van der Waals surface area (Å²) in [6, 6.07) is 5.63. The van der Waals surface area contributed by atoms with Crippen LogP contribution in [0.1, 0.15) is 11.1 Å². The largest absolute Gasteiger partial charge is 0.508 e. The Morgan fingerprint density at radius 3 is 2.93 bits per heavy atom. The van der Waals surface area contributed by atoms with Crippen LogP contribution in [0.2, 0.25) is 0 Å². The number of thiophene rings is 1. The highest BCUT2D eigenvalue weighted by Gasteiger charge is 2.11. The smallest absolute Gasteiger partial charge is 0.120 e. The minimum atomic E-state index is 0.240. The first kappa shape index (κ1) is 9.50. The predicted octanol–water partition coefficient (Wildman–Crippen LogP) is 3.37. The van der Waals surface area contributed by atoms with E-state index < -0.39 is 0 Å². The summed E-state index contributed by atoms with van der Waals surface area (Å²) in [5, 5.41) is 21.7. The van der Waals surface area contributed by atoms with Crippen LogP contribution in [0.5, 0.6) is 5.75 Å². The molecule has 1 N–H and O–H groups in total. The van der Waals surface area contributed by atoms with Gasteiger partial charge in [-0.05, 0) is 12.1 Å².